The van der Waals surface area contributed by atoms with Gasteiger partial charge in [0.1, 0.15) is 11.6 Å². The zero-order valence-electron chi connectivity index (χ0n) is 17.7. The maximum Gasteiger partial charge on any atom is 0.239 e. The molecule has 0 atom stereocenters. The van der Waals surface area contributed by atoms with Crippen molar-refractivity contribution < 1.29 is 4.79 Å². The number of benzene rings is 1. The molecule has 0 bridgehead atoms. The van der Waals surface area contributed by atoms with Gasteiger partial charge in [0.25, 0.3) is 0 Å². The topological polar surface area (TPSA) is 90.1 Å². The summed E-state index contributed by atoms with van der Waals surface area (Å²) >= 11 is 0. The van der Waals surface area contributed by atoms with Crippen LogP contribution in [0.4, 0.5) is 11.6 Å². The van der Waals surface area contributed by atoms with Gasteiger partial charge in [-0.05, 0) is 38.1 Å². The minimum Gasteiger partial charge on any atom is -0.354 e. The van der Waals surface area contributed by atoms with Crippen LogP contribution in [0.25, 0.3) is 5.69 Å². The monoisotopic (exact) mass is 415 g/mol. The summed E-state index contributed by atoms with van der Waals surface area (Å²) in [6.07, 6.45) is 1.66. The van der Waals surface area contributed by atoms with E-state index in [-0.39, 0.29) is 5.91 Å². The minimum absolute atomic E-state index is 0.0636. The summed E-state index contributed by atoms with van der Waals surface area (Å²) in [7, 11) is 0. The molecule has 31 heavy (non-hydrogen) atoms. The maximum absolute atomic E-state index is 12.7. The van der Waals surface area contributed by atoms with Crippen LogP contribution in [0.1, 0.15) is 16.8 Å². The van der Waals surface area contributed by atoms with Crippen molar-refractivity contribution >= 4 is 17.5 Å². The second kappa shape index (κ2) is 8.98. The van der Waals surface area contributed by atoms with Gasteiger partial charge in [0.05, 0.1) is 29.6 Å². The predicted octanol–water partition coefficient (Wildman–Crippen LogP) is 2.52. The normalized spacial score (nSPS) is 14.3. The number of aromatic nitrogens is 3. The van der Waals surface area contributed by atoms with Crippen LogP contribution in [0.5, 0.6) is 0 Å². The quantitative estimate of drug-likeness (QED) is 0.689. The van der Waals surface area contributed by atoms with Gasteiger partial charge in [-0.3, -0.25) is 9.69 Å². The first kappa shape index (κ1) is 20.6. The molecule has 8 nitrogen and oxygen atoms in total. The first-order valence-corrected chi connectivity index (χ1v) is 10.3. The van der Waals surface area contributed by atoms with E-state index in [4.69, 9.17) is 5.26 Å². The largest absolute Gasteiger partial charge is 0.354 e. The lowest BCUT2D eigenvalue weighted by Crippen LogP contribution is -2.49. The Morgan fingerprint density at radius 3 is 2.55 bits per heavy atom. The van der Waals surface area contributed by atoms with Gasteiger partial charge in [-0.15, -0.1) is 0 Å². The fourth-order valence-corrected chi connectivity index (χ4v) is 3.65. The van der Waals surface area contributed by atoms with E-state index in [0.29, 0.717) is 17.9 Å². The van der Waals surface area contributed by atoms with E-state index in [2.05, 4.69) is 31.3 Å². The molecule has 2 aromatic heterocycles. The number of carbonyl (C=O) groups is 1. The third kappa shape index (κ3) is 4.90. The minimum atomic E-state index is -0.0636. The fourth-order valence-electron chi connectivity index (χ4n) is 3.65. The highest BCUT2D eigenvalue weighted by molar-refractivity contribution is 5.91. The predicted molar refractivity (Wildman–Crippen MR) is 119 cm³/mol. The SMILES string of the molecule is Cc1ccc(-n2nc(C)cc2NC(=O)CN2CCN(c3cc(C#N)ccn3)CC2)cc1. The molecule has 4 rings (SSSR count). The highest BCUT2D eigenvalue weighted by atomic mass is 16.2. The van der Waals surface area contributed by atoms with Gasteiger partial charge in [-0.25, -0.2) is 9.67 Å². The van der Waals surface area contributed by atoms with E-state index in [1.165, 1.54) is 5.56 Å². The van der Waals surface area contributed by atoms with Crippen LogP contribution in [-0.2, 0) is 4.79 Å². The average molecular weight is 416 g/mol. The molecule has 158 valence electrons. The zero-order valence-corrected chi connectivity index (χ0v) is 17.7. The molecule has 1 aliphatic rings. The van der Waals surface area contributed by atoms with Gasteiger partial charge in [-0.2, -0.15) is 10.4 Å². The third-order valence-corrected chi connectivity index (χ3v) is 5.32. The smallest absolute Gasteiger partial charge is 0.239 e. The molecule has 1 aromatic carbocycles. The zero-order chi connectivity index (χ0) is 21.8. The van der Waals surface area contributed by atoms with Crippen LogP contribution in [-0.4, -0.2) is 58.3 Å². The molecule has 0 spiro atoms. The van der Waals surface area contributed by atoms with Gasteiger partial charge in [-0.1, -0.05) is 17.7 Å². The van der Waals surface area contributed by atoms with Gasteiger partial charge < -0.3 is 10.2 Å². The van der Waals surface area contributed by atoms with Crippen molar-refractivity contribution in [2.45, 2.75) is 13.8 Å². The first-order valence-electron chi connectivity index (χ1n) is 10.3. The van der Waals surface area contributed by atoms with Gasteiger partial charge >= 0.3 is 0 Å². The van der Waals surface area contributed by atoms with Crippen molar-refractivity contribution in [3.63, 3.8) is 0 Å². The average Bonchev–Trinajstić information content (AvgIpc) is 3.14. The number of nitriles is 1. The molecule has 3 heterocycles. The summed E-state index contributed by atoms with van der Waals surface area (Å²) in [6, 6.07) is 15.6. The Labute approximate surface area is 181 Å². The number of piperazine rings is 1. The van der Waals surface area contributed by atoms with E-state index in [1.807, 2.05) is 44.2 Å². The highest BCUT2D eigenvalue weighted by Gasteiger charge is 2.21. The van der Waals surface area contributed by atoms with Crippen LogP contribution in [0.15, 0.2) is 48.7 Å². The Hall–Kier alpha value is -3.70. The lowest BCUT2D eigenvalue weighted by atomic mass is 10.2. The highest BCUT2D eigenvalue weighted by Crippen LogP contribution is 2.18. The molecular weight excluding hydrogens is 390 g/mol. The molecule has 0 saturated carbocycles. The molecule has 3 aromatic rings. The number of amides is 1. The Morgan fingerprint density at radius 1 is 1.10 bits per heavy atom. The second-order valence-corrected chi connectivity index (χ2v) is 7.74. The molecule has 0 radical (unpaired) electrons. The number of hydrogen-bond donors (Lipinski definition) is 1. The Bertz CT molecular complexity index is 1110. The molecule has 0 unspecified atom stereocenters. The number of pyridine rings is 1. The number of anilines is 2. The lowest BCUT2D eigenvalue weighted by Gasteiger charge is -2.35. The van der Waals surface area contributed by atoms with Crippen LogP contribution in [0.3, 0.4) is 0 Å². The Morgan fingerprint density at radius 2 is 1.84 bits per heavy atom. The molecule has 8 heteroatoms. The maximum atomic E-state index is 12.7. The van der Waals surface area contributed by atoms with Gasteiger partial charge in [0.2, 0.25) is 5.91 Å². The summed E-state index contributed by atoms with van der Waals surface area (Å²) in [4.78, 5) is 21.3. The third-order valence-electron chi connectivity index (χ3n) is 5.32. The number of hydrogen-bond acceptors (Lipinski definition) is 6. The summed E-state index contributed by atoms with van der Waals surface area (Å²) in [5.41, 5.74) is 3.53. The van der Waals surface area contributed by atoms with Crippen LogP contribution >= 0.6 is 0 Å². The van der Waals surface area contributed by atoms with Crippen molar-refractivity contribution in [3.8, 4) is 11.8 Å². The van der Waals surface area contributed by atoms with Crippen LogP contribution < -0.4 is 10.2 Å². The van der Waals surface area contributed by atoms with Crippen molar-refractivity contribution in [2.75, 3.05) is 42.9 Å². The Kier molecular flexibility index (Phi) is 5.96. The van der Waals surface area contributed by atoms with E-state index in [0.717, 1.165) is 43.4 Å². The molecule has 1 N–H and O–H groups in total. The standard InChI is InChI=1S/C23H25N7O/c1-17-3-5-20(6-4-17)30-22(13-18(2)27-30)26-23(31)16-28-9-11-29(12-10-28)21-14-19(15-24)7-8-25-21/h3-8,13-14H,9-12,16H2,1-2H3,(H,26,31). The van der Waals surface area contributed by atoms with Crippen LogP contribution in [0, 0.1) is 25.2 Å². The number of nitrogens with zero attached hydrogens (tertiary/aromatic N) is 6. The molecule has 1 saturated heterocycles. The first-order chi connectivity index (χ1) is 15.0. The van der Waals surface area contributed by atoms with Crippen molar-refractivity contribution in [1.82, 2.24) is 19.7 Å². The number of rotatable bonds is 5. The van der Waals surface area contributed by atoms with E-state index in [9.17, 15) is 4.79 Å². The van der Waals surface area contributed by atoms with Crippen molar-refractivity contribution in [1.29, 1.82) is 5.26 Å². The van der Waals surface area contributed by atoms with Crippen molar-refractivity contribution in [2.24, 2.45) is 0 Å². The number of carbonyl (C=O) groups excluding carboxylic acids is 1. The lowest BCUT2D eigenvalue weighted by molar-refractivity contribution is -0.117. The molecule has 1 fully saturated rings. The second-order valence-electron chi connectivity index (χ2n) is 7.74. The Balaban J connectivity index is 1.35. The van der Waals surface area contributed by atoms with E-state index in [1.54, 1.807) is 23.0 Å². The fraction of sp³-hybridized carbons (Fsp3) is 0.304. The van der Waals surface area contributed by atoms with Crippen LogP contribution in [0.2, 0.25) is 0 Å². The molecular formula is C23H25N7O. The molecule has 1 amide bonds. The summed E-state index contributed by atoms with van der Waals surface area (Å²) in [6.45, 7) is 7.29. The van der Waals surface area contributed by atoms with Gasteiger partial charge in [0.15, 0.2) is 0 Å². The van der Waals surface area contributed by atoms with Crippen molar-refractivity contribution in [3.05, 3.63) is 65.5 Å². The summed E-state index contributed by atoms with van der Waals surface area (Å²) < 4.78 is 1.76. The van der Waals surface area contributed by atoms with Gasteiger partial charge in [0, 0.05) is 38.4 Å². The molecule has 0 aliphatic carbocycles. The van der Waals surface area contributed by atoms with E-state index < -0.39 is 0 Å². The van der Waals surface area contributed by atoms with E-state index >= 15 is 0 Å². The molecule has 1 aliphatic heterocycles. The summed E-state index contributed by atoms with van der Waals surface area (Å²) in [5.74, 6) is 1.41. The number of nitrogens with one attached hydrogen (secondary N) is 1. The summed E-state index contributed by atoms with van der Waals surface area (Å²) in [5, 5.41) is 16.6. The number of aryl methyl sites for hydroxylation is 2.